The normalized spacial score (nSPS) is 10.6. The number of aromatic nitrogens is 2. The Morgan fingerprint density at radius 2 is 2.22 bits per heavy atom. The second-order valence-electron chi connectivity index (χ2n) is 3.82. The lowest BCUT2D eigenvalue weighted by Gasteiger charge is -2.03. The van der Waals surface area contributed by atoms with E-state index in [1.54, 1.807) is 17.1 Å². The quantitative estimate of drug-likeness (QED) is 0.657. The lowest BCUT2D eigenvalue weighted by molar-refractivity contribution is -0.385. The van der Waals surface area contributed by atoms with Gasteiger partial charge in [0.2, 0.25) is 0 Å². The number of nitro benzene ring substituents is 1. The highest BCUT2D eigenvalue weighted by Gasteiger charge is 2.10. The predicted molar refractivity (Wildman–Crippen MR) is 62.3 cm³/mol. The first-order chi connectivity index (χ1) is 8.58. The number of hydrogen-bond donors (Lipinski definition) is 1. The summed E-state index contributed by atoms with van der Waals surface area (Å²) in [5.74, 6) is -0.627. The zero-order valence-corrected chi connectivity index (χ0v) is 9.41. The minimum Gasteiger partial charge on any atom is -0.333 e. The van der Waals surface area contributed by atoms with E-state index in [0.29, 0.717) is 24.3 Å². The number of imidazole rings is 1. The van der Waals surface area contributed by atoms with Gasteiger partial charge in [-0.2, -0.15) is 0 Å². The summed E-state index contributed by atoms with van der Waals surface area (Å²) in [4.78, 5) is 14.0. The second kappa shape index (κ2) is 4.92. The lowest BCUT2D eigenvalue weighted by atomic mass is 10.2. The molecule has 0 aliphatic heterocycles. The van der Waals surface area contributed by atoms with Crippen LogP contribution in [0.1, 0.15) is 11.3 Å². The molecule has 1 aromatic heterocycles. The molecule has 2 aromatic rings. The van der Waals surface area contributed by atoms with Crippen LogP contribution in [-0.2, 0) is 13.1 Å². The molecule has 0 radical (unpaired) electrons. The third-order valence-corrected chi connectivity index (χ3v) is 2.41. The van der Waals surface area contributed by atoms with Crippen molar-refractivity contribution in [2.45, 2.75) is 13.1 Å². The van der Waals surface area contributed by atoms with E-state index < -0.39 is 10.7 Å². The molecule has 0 saturated heterocycles. The van der Waals surface area contributed by atoms with Crippen LogP contribution in [0.3, 0.4) is 0 Å². The zero-order valence-electron chi connectivity index (χ0n) is 9.41. The van der Waals surface area contributed by atoms with Gasteiger partial charge in [-0.1, -0.05) is 0 Å². The number of rotatable bonds is 4. The zero-order chi connectivity index (χ0) is 13.1. The Morgan fingerprint density at radius 1 is 1.44 bits per heavy atom. The molecule has 0 saturated carbocycles. The molecule has 0 aliphatic rings. The van der Waals surface area contributed by atoms with Crippen LogP contribution in [0, 0.1) is 15.9 Å². The third-order valence-electron chi connectivity index (χ3n) is 2.41. The van der Waals surface area contributed by atoms with Gasteiger partial charge in [0.25, 0.3) is 5.69 Å². The first-order valence-corrected chi connectivity index (χ1v) is 5.23. The van der Waals surface area contributed by atoms with Crippen LogP contribution < -0.4 is 5.73 Å². The molecule has 7 heteroatoms. The molecule has 6 nitrogen and oxygen atoms in total. The molecular formula is C11H11FN4O2. The summed E-state index contributed by atoms with van der Waals surface area (Å²) < 4.78 is 14.9. The first-order valence-electron chi connectivity index (χ1n) is 5.23. The van der Waals surface area contributed by atoms with Crippen molar-refractivity contribution >= 4 is 5.69 Å². The summed E-state index contributed by atoms with van der Waals surface area (Å²) in [7, 11) is 0. The van der Waals surface area contributed by atoms with Gasteiger partial charge in [0.1, 0.15) is 5.82 Å². The fourth-order valence-corrected chi connectivity index (χ4v) is 1.64. The average Bonchev–Trinajstić information content (AvgIpc) is 2.76. The smallest absolute Gasteiger partial charge is 0.272 e. The summed E-state index contributed by atoms with van der Waals surface area (Å²) in [5.41, 5.74) is 6.37. The van der Waals surface area contributed by atoms with Crippen molar-refractivity contribution in [3.63, 3.8) is 0 Å². The Balaban J connectivity index is 2.25. The summed E-state index contributed by atoms with van der Waals surface area (Å²) in [6.45, 7) is 0.627. The Hall–Kier alpha value is -2.28. The van der Waals surface area contributed by atoms with Crippen LogP contribution in [0.15, 0.2) is 30.7 Å². The van der Waals surface area contributed by atoms with Crippen LogP contribution in [-0.4, -0.2) is 14.5 Å². The lowest BCUT2D eigenvalue weighted by Crippen LogP contribution is -2.00. The highest BCUT2D eigenvalue weighted by Crippen LogP contribution is 2.17. The monoisotopic (exact) mass is 250 g/mol. The molecule has 0 fully saturated rings. The molecule has 2 rings (SSSR count). The molecule has 0 bridgehead atoms. The van der Waals surface area contributed by atoms with E-state index in [1.807, 2.05) is 0 Å². The molecule has 2 N–H and O–H groups in total. The van der Waals surface area contributed by atoms with Crippen LogP contribution in [0.2, 0.25) is 0 Å². The van der Waals surface area contributed by atoms with E-state index in [0.717, 1.165) is 6.07 Å². The first kappa shape index (κ1) is 12.2. The van der Waals surface area contributed by atoms with Crippen molar-refractivity contribution in [1.82, 2.24) is 9.55 Å². The maximum Gasteiger partial charge on any atom is 0.272 e. The SMILES string of the molecule is NCc1cn(Cc2cc(F)cc([N+](=O)[O-])c2)cn1. The van der Waals surface area contributed by atoms with Gasteiger partial charge >= 0.3 is 0 Å². The molecule has 0 spiro atoms. The number of benzene rings is 1. The van der Waals surface area contributed by atoms with Gasteiger partial charge in [-0.05, 0) is 11.6 Å². The topological polar surface area (TPSA) is 87.0 Å². The van der Waals surface area contributed by atoms with E-state index in [1.165, 1.54) is 12.1 Å². The van der Waals surface area contributed by atoms with Gasteiger partial charge in [0.15, 0.2) is 0 Å². The molecule has 0 unspecified atom stereocenters. The number of halogens is 1. The Bertz CT molecular complexity index is 582. The van der Waals surface area contributed by atoms with E-state index in [9.17, 15) is 14.5 Å². The standard InChI is InChI=1S/C11H11FN4O2/c12-9-1-8(2-11(3-9)16(17)18)5-15-6-10(4-13)14-7-15/h1-3,6-7H,4-5,13H2. The summed E-state index contributed by atoms with van der Waals surface area (Å²) in [6, 6.07) is 3.49. The second-order valence-corrected chi connectivity index (χ2v) is 3.82. The van der Waals surface area contributed by atoms with Gasteiger partial charge in [-0.25, -0.2) is 9.37 Å². The van der Waals surface area contributed by atoms with E-state index in [2.05, 4.69) is 4.98 Å². The van der Waals surface area contributed by atoms with Crippen molar-refractivity contribution in [3.8, 4) is 0 Å². The molecule has 1 aromatic carbocycles. The van der Waals surface area contributed by atoms with Crippen molar-refractivity contribution in [1.29, 1.82) is 0 Å². The summed E-state index contributed by atoms with van der Waals surface area (Å²) in [5, 5.41) is 10.6. The van der Waals surface area contributed by atoms with Gasteiger partial charge in [-0.15, -0.1) is 0 Å². The Labute approximate surface area is 102 Å². The fraction of sp³-hybridized carbons (Fsp3) is 0.182. The highest BCUT2D eigenvalue weighted by molar-refractivity contribution is 5.35. The molecule has 1 heterocycles. The van der Waals surface area contributed by atoms with Crippen molar-refractivity contribution in [2.75, 3.05) is 0 Å². The summed E-state index contributed by atoms with van der Waals surface area (Å²) >= 11 is 0. The highest BCUT2D eigenvalue weighted by atomic mass is 19.1. The van der Waals surface area contributed by atoms with Crippen LogP contribution in [0.4, 0.5) is 10.1 Å². The van der Waals surface area contributed by atoms with Gasteiger partial charge < -0.3 is 10.3 Å². The van der Waals surface area contributed by atoms with Gasteiger partial charge in [0.05, 0.1) is 23.0 Å². The maximum absolute atomic E-state index is 13.2. The van der Waals surface area contributed by atoms with Crippen molar-refractivity contribution in [3.05, 3.63) is 57.9 Å². The largest absolute Gasteiger partial charge is 0.333 e. The minimum atomic E-state index is -0.627. The van der Waals surface area contributed by atoms with Gasteiger partial charge in [0, 0.05) is 25.4 Å². The number of non-ortho nitro benzene ring substituents is 1. The number of hydrogen-bond acceptors (Lipinski definition) is 4. The fourth-order valence-electron chi connectivity index (χ4n) is 1.64. The van der Waals surface area contributed by atoms with E-state index in [4.69, 9.17) is 5.73 Å². The molecule has 0 atom stereocenters. The van der Waals surface area contributed by atoms with E-state index >= 15 is 0 Å². The number of nitrogens with zero attached hydrogens (tertiary/aromatic N) is 3. The molecule has 0 amide bonds. The molecule has 0 aliphatic carbocycles. The predicted octanol–water partition coefficient (Wildman–Crippen LogP) is 1.44. The van der Waals surface area contributed by atoms with Crippen LogP contribution in [0.25, 0.3) is 0 Å². The van der Waals surface area contributed by atoms with Crippen molar-refractivity contribution in [2.24, 2.45) is 5.73 Å². The molecule has 94 valence electrons. The molecular weight excluding hydrogens is 239 g/mol. The Kier molecular flexibility index (Phi) is 3.33. The summed E-state index contributed by atoms with van der Waals surface area (Å²) in [6.07, 6.45) is 3.27. The Morgan fingerprint density at radius 3 is 2.83 bits per heavy atom. The van der Waals surface area contributed by atoms with E-state index in [-0.39, 0.29) is 5.69 Å². The maximum atomic E-state index is 13.2. The minimum absolute atomic E-state index is 0.260. The number of nitrogens with two attached hydrogens (primary N) is 1. The molecule has 18 heavy (non-hydrogen) atoms. The number of nitro groups is 1. The van der Waals surface area contributed by atoms with Crippen LogP contribution >= 0.6 is 0 Å². The van der Waals surface area contributed by atoms with Crippen LogP contribution in [0.5, 0.6) is 0 Å². The van der Waals surface area contributed by atoms with Crippen molar-refractivity contribution < 1.29 is 9.31 Å². The third kappa shape index (κ3) is 2.69. The van der Waals surface area contributed by atoms with Gasteiger partial charge in [-0.3, -0.25) is 10.1 Å². The average molecular weight is 250 g/mol.